The predicted octanol–water partition coefficient (Wildman–Crippen LogP) is 5.16. The van der Waals surface area contributed by atoms with Gasteiger partial charge in [0.2, 0.25) is 0 Å². The average Bonchev–Trinajstić information content (AvgIpc) is 3.25. The molecule has 0 unspecified atom stereocenters. The second-order valence-corrected chi connectivity index (χ2v) is 9.38. The lowest BCUT2D eigenvalue weighted by atomic mass is 10.1. The van der Waals surface area contributed by atoms with Crippen molar-refractivity contribution in [1.82, 2.24) is 9.97 Å². The quantitative estimate of drug-likeness (QED) is 0.470. The van der Waals surface area contributed by atoms with Gasteiger partial charge >= 0.3 is 0 Å². The van der Waals surface area contributed by atoms with Crippen molar-refractivity contribution in [3.63, 3.8) is 0 Å². The van der Waals surface area contributed by atoms with Gasteiger partial charge in [-0.2, -0.15) is 0 Å². The van der Waals surface area contributed by atoms with Crippen LogP contribution in [0.25, 0.3) is 20.4 Å². The largest absolute Gasteiger partial charge is 0.345 e. The summed E-state index contributed by atoms with van der Waals surface area (Å²) in [6, 6.07) is 11.0. The Morgan fingerprint density at radius 1 is 0.741 bits per heavy atom. The second-order valence-electron chi connectivity index (χ2n) is 7.37. The van der Waals surface area contributed by atoms with E-state index in [0.717, 1.165) is 47.5 Å². The number of benzene rings is 2. The fourth-order valence-electron chi connectivity index (χ4n) is 3.74. The first-order chi connectivity index (χ1) is 13.1. The molecular weight excluding hydrogens is 372 g/mol. The minimum Gasteiger partial charge on any atom is -0.345 e. The van der Waals surface area contributed by atoms with Gasteiger partial charge in [0.15, 0.2) is 10.3 Å². The maximum Gasteiger partial charge on any atom is 0.186 e. The van der Waals surface area contributed by atoms with E-state index in [1.165, 1.54) is 26.1 Å². The molecule has 4 aromatic rings. The maximum atomic E-state index is 4.93. The molecular formula is C21H22N4S2. The summed E-state index contributed by atoms with van der Waals surface area (Å²) in [5.74, 6) is 0. The summed E-state index contributed by atoms with van der Waals surface area (Å²) in [5, 5.41) is 2.30. The number of rotatable bonds is 2. The van der Waals surface area contributed by atoms with Crippen LogP contribution in [0.5, 0.6) is 0 Å². The Hall–Kier alpha value is -2.18. The number of nitrogens with zero attached hydrogens (tertiary/aromatic N) is 4. The van der Waals surface area contributed by atoms with Crippen LogP contribution < -0.4 is 9.80 Å². The van der Waals surface area contributed by atoms with Gasteiger partial charge < -0.3 is 9.80 Å². The summed E-state index contributed by atoms with van der Waals surface area (Å²) in [6.45, 7) is 10.4. The summed E-state index contributed by atoms with van der Waals surface area (Å²) >= 11 is 3.62. The Morgan fingerprint density at radius 2 is 1.37 bits per heavy atom. The predicted molar refractivity (Wildman–Crippen MR) is 118 cm³/mol. The lowest BCUT2D eigenvalue weighted by Gasteiger charge is -2.34. The molecule has 1 fully saturated rings. The molecule has 1 saturated heterocycles. The third-order valence-electron chi connectivity index (χ3n) is 5.17. The average molecular weight is 395 g/mol. The Labute approximate surface area is 167 Å². The van der Waals surface area contributed by atoms with Gasteiger partial charge in [0.05, 0.1) is 20.4 Å². The highest BCUT2D eigenvalue weighted by Crippen LogP contribution is 2.34. The third kappa shape index (κ3) is 3.07. The molecule has 6 heteroatoms. The summed E-state index contributed by atoms with van der Waals surface area (Å²) < 4.78 is 2.58. The molecule has 3 heterocycles. The first-order valence-electron chi connectivity index (χ1n) is 9.32. The van der Waals surface area contributed by atoms with Crippen LogP contribution in [0.4, 0.5) is 10.3 Å². The zero-order chi connectivity index (χ0) is 18.5. The van der Waals surface area contributed by atoms with Crippen LogP contribution in [0.2, 0.25) is 0 Å². The van der Waals surface area contributed by atoms with E-state index >= 15 is 0 Å². The Morgan fingerprint density at radius 3 is 2.11 bits per heavy atom. The van der Waals surface area contributed by atoms with E-state index < -0.39 is 0 Å². The van der Waals surface area contributed by atoms with Crippen LogP contribution in [0.15, 0.2) is 30.3 Å². The summed E-state index contributed by atoms with van der Waals surface area (Å²) in [5.41, 5.74) is 6.15. The SMILES string of the molecule is Cc1ccc2nc(N3CCN(c4nc5c(C)cc(C)cc5s4)CC3)sc2c1. The number of piperazine rings is 1. The molecule has 138 valence electrons. The maximum absolute atomic E-state index is 4.93. The van der Waals surface area contributed by atoms with Crippen molar-refractivity contribution < 1.29 is 0 Å². The molecule has 2 aromatic carbocycles. The van der Waals surface area contributed by atoms with E-state index in [2.05, 4.69) is 60.9 Å². The van der Waals surface area contributed by atoms with Crippen LogP contribution in [0.1, 0.15) is 16.7 Å². The number of anilines is 2. The van der Waals surface area contributed by atoms with E-state index in [9.17, 15) is 0 Å². The molecule has 0 radical (unpaired) electrons. The molecule has 2 aromatic heterocycles. The highest BCUT2D eigenvalue weighted by atomic mass is 32.1. The van der Waals surface area contributed by atoms with E-state index in [4.69, 9.17) is 9.97 Å². The van der Waals surface area contributed by atoms with Crippen molar-refractivity contribution in [2.24, 2.45) is 0 Å². The van der Waals surface area contributed by atoms with Crippen molar-refractivity contribution in [3.8, 4) is 0 Å². The van der Waals surface area contributed by atoms with Crippen molar-refractivity contribution >= 4 is 53.4 Å². The molecule has 0 aliphatic carbocycles. The van der Waals surface area contributed by atoms with Crippen LogP contribution >= 0.6 is 22.7 Å². The van der Waals surface area contributed by atoms with Crippen LogP contribution in [0.3, 0.4) is 0 Å². The standard InChI is InChI=1S/C21H22N4S2/c1-13-4-5-16-17(11-13)26-20(22-16)24-6-8-25(9-7-24)21-23-19-15(3)10-14(2)12-18(19)27-21/h4-5,10-12H,6-9H2,1-3H3. The molecule has 0 bridgehead atoms. The Balaban J connectivity index is 1.35. The van der Waals surface area contributed by atoms with Gasteiger partial charge in [0.1, 0.15) is 0 Å². The van der Waals surface area contributed by atoms with Gasteiger partial charge in [-0.1, -0.05) is 34.8 Å². The van der Waals surface area contributed by atoms with E-state index in [-0.39, 0.29) is 0 Å². The Kier molecular flexibility index (Phi) is 4.06. The van der Waals surface area contributed by atoms with Crippen LogP contribution in [-0.4, -0.2) is 36.1 Å². The number of hydrogen-bond acceptors (Lipinski definition) is 6. The minimum atomic E-state index is 0.993. The van der Waals surface area contributed by atoms with Crippen molar-refractivity contribution in [1.29, 1.82) is 0 Å². The van der Waals surface area contributed by atoms with Crippen LogP contribution in [0, 0.1) is 20.8 Å². The summed E-state index contributed by atoms with van der Waals surface area (Å²) in [7, 11) is 0. The topological polar surface area (TPSA) is 32.3 Å². The van der Waals surface area contributed by atoms with E-state index in [1.807, 2.05) is 11.3 Å². The number of thiazole rings is 2. The lowest BCUT2D eigenvalue weighted by Crippen LogP contribution is -2.46. The minimum absolute atomic E-state index is 0.993. The molecule has 0 N–H and O–H groups in total. The molecule has 1 aliphatic heterocycles. The fraction of sp³-hybridized carbons (Fsp3) is 0.333. The number of aryl methyl sites for hydroxylation is 3. The molecule has 0 amide bonds. The van der Waals surface area contributed by atoms with Crippen molar-refractivity contribution in [3.05, 3.63) is 47.0 Å². The van der Waals surface area contributed by atoms with Gasteiger partial charge in [-0.15, -0.1) is 0 Å². The van der Waals surface area contributed by atoms with Gasteiger partial charge in [0, 0.05) is 26.2 Å². The van der Waals surface area contributed by atoms with E-state index in [0.29, 0.717) is 0 Å². The highest BCUT2D eigenvalue weighted by molar-refractivity contribution is 7.22. The summed E-state index contributed by atoms with van der Waals surface area (Å²) in [4.78, 5) is 14.6. The normalized spacial score (nSPS) is 15.2. The monoisotopic (exact) mass is 394 g/mol. The molecule has 0 spiro atoms. The molecule has 5 rings (SSSR count). The molecule has 4 nitrogen and oxygen atoms in total. The smallest absolute Gasteiger partial charge is 0.186 e. The fourth-order valence-corrected chi connectivity index (χ4v) is 6.05. The van der Waals surface area contributed by atoms with E-state index in [1.54, 1.807) is 11.3 Å². The van der Waals surface area contributed by atoms with Crippen molar-refractivity contribution in [2.45, 2.75) is 20.8 Å². The van der Waals surface area contributed by atoms with Gasteiger partial charge in [0.25, 0.3) is 0 Å². The number of aromatic nitrogens is 2. The summed E-state index contributed by atoms with van der Waals surface area (Å²) in [6.07, 6.45) is 0. The first kappa shape index (κ1) is 17.0. The zero-order valence-electron chi connectivity index (χ0n) is 15.8. The lowest BCUT2D eigenvalue weighted by molar-refractivity contribution is 0.651. The van der Waals surface area contributed by atoms with Crippen molar-refractivity contribution in [2.75, 3.05) is 36.0 Å². The molecule has 27 heavy (non-hydrogen) atoms. The van der Waals surface area contributed by atoms with Gasteiger partial charge in [-0.25, -0.2) is 9.97 Å². The third-order valence-corrected chi connectivity index (χ3v) is 7.31. The zero-order valence-corrected chi connectivity index (χ0v) is 17.5. The second kappa shape index (κ2) is 6.46. The highest BCUT2D eigenvalue weighted by Gasteiger charge is 2.22. The van der Waals surface area contributed by atoms with Gasteiger partial charge in [-0.3, -0.25) is 0 Å². The van der Waals surface area contributed by atoms with Crippen LogP contribution in [-0.2, 0) is 0 Å². The molecule has 0 atom stereocenters. The number of fused-ring (bicyclic) bond motifs is 2. The molecule has 1 aliphatic rings. The molecule has 0 saturated carbocycles. The Bertz CT molecular complexity index is 1140. The van der Waals surface area contributed by atoms with Gasteiger partial charge in [-0.05, 0) is 55.7 Å². The first-order valence-corrected chi connectivity index (χ1v) is 10.9. The number of hydrogen-bond donors (Lipinski definition) is 0.